The zero-order valence-corrected chi connectivity index (χ0v) is 16.5. The molecule has 1 aliphatic rings. The van der Waals surface area contributed by atoms with Crippen LogP contribution in [0.1, 0.15) is 12.8 Å². The molecule has 5 nitrogen and oxygen atoms in total. The lowest BCUT2D eigenvalue weighted by atomic mass is 10.0. The molecule has 0 spiro atoms. The number of aromatic nitrogens is 2. The summed E-state index contributed by atoms with van der Waals surface area (Å²) in [6.07, 6.45) is 4.59. The number of pyridine rings is 1. The van der Waals surface area contributed by atoms with Gasteiger partial charge in [-0.2, -0.15) is 0 Å². The van der Waals surface area contributed by atoms with Crippen molar-refractivity contribution < 1.29 is 17.2 Å². The van der Waals surface area contributed by atoms with Crippen LogP contribution in [0.15, 0.2) is 41.6 Å². The van der Waals surface area contributed by atoms with Crippen molar-refractivity contribution in [3.05, 3.63) is 48.3 Å². The predicted octanol–water partition coefficient (Wildman–Crippen LogP) is 3.70. The number of nitrogens with zero attached hydrogens (tertiary/aromatic N) is 1. The molecule has 2 aromatic heterocycles. The average molecular weight is 428 g/mol. The molecule has 1 aromatic carbocycles. The van der Waals surface area contributed by atoms with Crippen molar-refractivity contribution in [2.45, 2.75) is 17.7 Å². The van der Waals surface area contributed by atoms with Crippen molar-refractivity contribution in [2.75, 3.05) is 18.8 Å². The van der Waals surface area contributed by atoms with Gasteiger partial charge in [0.05, 0.1) is 10.6 Å². The van der Waals surface area contributed by atoms with E-state index in [0.29, 0.717) is 16.6 Å². The minimum Gasteiger partial charge on any atom is -0.345 e. The third-order valence-corrected chi connectivity index (χ3v) is 6.88. The highest BCUT2D eigenvalue weighted by atomic mass is 35.5. The SMILES string of the molecule is Cl.O=S(=O)(CC1CCNCC1)c1ccnc2[nH]cc(-c3cc(F)cc(F)c3)c12. The molecule has 3 aromatic rings. The first-order chi connectivity index (χ1) is 12.9. The Morgan fingerprint density at radius 2 is 1.79 bits per heavy atom. The van der Waals surface area contributed by atoms with Crippen LogP contribution in [0.2, 0.25) is 0 Å². The molecule has 0 unspecified atom stereocenters. The van der Waals surface area contributed by atoms with Crippen molar-refractivity contribution in [1.82, 2.24) is 15.3 Å². The minimum absolute atomic E-state index is 0. The molecular formula is C19H20ClF2N3O2S. The van der Waals surface area contributed by atoms with E-state index < -0.39 is 21.5 Å². The lowest BCUT2D eigenvalue weighted by molar-refractivity contribution is 0.401. The number of benzene rings is 1. The van der Waals surface area contributed by atoms with Gasteiger partial charge in [-0.15, -0.1) is 12.4 Å². The highest BCUT2D eigenvalue weighted by Crippen LogP contribution is 2.34. The van der Waals surface area contributed by atoms with Gasteiger partial charge in [-0.05, 0) is 55.6 Å². The van der Waals surface area contributed by atoms with Gasteiger partial charge >= 0.3 is 0 Å². The highest BCUT2D eigenvalue weighted by molar-refractivity contribution is 7.91. The molecule has 150 valence electrons. The van der Waals surface area contributed by atoms with Crippen molar-refractivity contribution in [3.63, 3.8) is 0 Å². The molecule has 1 aliphatic heterocycles. The number of H-pyrrole nitrogens is 1. The first-order valence-corrected chi connectivity index (χ1v) is 10.5. The zero-order valence-electron chi connectivity index (χ0n) is 14.9. The Bertz CT molecular complexity index is 1080. The zero-order chi connectivity index (χ0) is 19.0. The van der Waals surface area contributed by atoms with Gasteiger partial charge in [0.15, 0.2) is 9.84 Å². The lowest BCUT2D eigenvalue weighted by Crippen LogP contribution is -2.31. The van der Waals surface area contributed by atoms with Crippen molar-refractivity contribution in [3.8, 4) is 11.1 Å². The second-order valence-corrected chi connectivity index (χ2v) is 8.87. The van der Waals surface area contributed by atoms with Crippen LogP contribution >= 0.6 is 12.4 Å². The highest BCUT2D eigenvalue weighted by Gasteiger charge is 2.26. The summed E-state index contributed by atoms with van der Waals surface area (Å²) < 4.78 is 53.6. The van der Waals surface area contributed by atoms with E-state index in [4.69, 9.17) is 0 Å². The normalized spacial score (nSPS) is 15.5. The van der Waals surface area contributed by atoms with Crippen LogP contribution in [-0.4, -0.2) is 37.2 Å². The Morgan fingerprint density at radius 1 is 1.11 bits per heavy atom. The van der Waals surface area contributed by atoms with E-state index in [1.165, 1.54) is 30.6 Å². The number of piperidine rings is 1. The topological polar surface area (TPSA) is 74.8 Å². The maximum atomic E-state index is 13.7. The van der Waals surface area contributed by atoms with E-state index in [1.54, 1.807) is 0 Å². The standard InChI is InChI=1S/C19H19F2N3O2S.ClH/c20-14-7-13(8-15(21)9-14)16-10-24-19-18(16)17(3-6-23-19)27(25,26)11-12-1-4-22-5-2-12;/h3,6-10,12,22H,1-2,4-5,11H2,(H,23,24);1H. The van der Waals surface area contributed by atoms with E-state index in [1.807, 2.05) is 0 Å². The molecule has 1 fully saturated rings. The van der Waals surface area contributed by atoms with Gasteiger partial charge in [-0.3, -0.25) is 0 Å². The van der Waals surface area contributed by atoms with Crippen molar-refractivity contribution in [2.24, 2.45) is 5.92 Å². The van der Waals surface area contributed by atoms with Crippen LogP contribution in [0.3, 0.4) is 0 Å². The van der Waals surface area contributed by atoms with Crippen LogP contribution in [0.4, 0.5) is 8.78 Å². The summed E-state index contributed by atoms with van der Waals surface area (Å²) in [7, 11) is -3.58. The number of halogens is 3. The monoisotopic (exact) mass is 427 g/mol. The number of hydrogen-bond acceptors (Lipinski definition) is 4. The summed E-state index contributed by atoms with van der Waals surface area (Å²) >= 11 is 0. The number of nitrogens with one attached hydrogen (secondary N) is 2. The molecule has 28 heavy (non-hydrogen) atoms. The number of hydrogen-bond donors (Lipinski definition) is 2. The Labute approximate surface area is 167 Å². The Balaban J connectivity index is 0.00000225. The molecule has 0 amide bonds. The van der Waals surface area contributed by atoms with Crippen LogP contribution in [0, 0.1) is 17.6 Å². The fourth-order valence-electron chi connectivity index (χ4n) is 3.67. The molecular weight excluding hydrogens is 408 g/mol. The van der Waals surface area contributed by atoms with Crippen molar-refractivity contribution in [1.29, 1.82) is 0 Å². The van der Waals surface area contributed by atoms with E-state index in [0.717, 1.165) is 32.0 Å². The van der Waals surface area contributed by atoms with Gasteiger partial charge in [0.2, 0.25) is 0 Å². The Morgan fingerprint density at radius 3 is 2.46 bits per heavy atom. The summed E-state index contributed by atoms with van der Waals surface area (Å²) in [5.41, 5.74) is 1.06. The number of rotatable bonds is 4. The molecule has 9 heteroatoms. The Hall–Kier alpha value is -2.03. The van der Waals surface area contributed by atoms with E-state index in [9.17, 15) is 17.2 Å². The molecule has 0 bridgehead atoms. The van der Waals surface area contributed by atoms with Crippen LogP contribution in [0.5, 0.6) is 0 Å². The van der Waals surface area contributed by atoms with Crippen LogP contribution in [0.25, 0.3) is 22.2 Å². The third-order valence-electron chi connectivity index (χ3n) is 4.96. The second kappa shape index (κ2) is 8.14. The fourth-order valence-corrected chi connectivity index (χ4v) is 5.59. The molecule has 3 heterocycles. The van der Waals surface area contributed by atoms with Crippen LogP contribution in [-0.2, 0) is 9.84 Å². The first kappa shape index (κ1) is 20.7. The average Bonchev–Trinajstić information content (AvgIpc) is 3.05. The summed E-state index contributed by atoms with van der Waals surface area (Å²) in [5.74, 6) is -1.30. The Kier molecular flexibility index (Phi) is 6.02. The minimum atomic E-state index is -3.58. The molecule has 1 saturated heterocycles. The molecule has 0 saturated carbocycles. The van der Waals surface area contributed by atoms with E-state index in [2.05, 4.69) is 15.3 Å². The summed E-state index contributed by atoms with van der Waals surface area (Å²) in [6, 6.07) is 4.61. The maximum Gasteiger partial charge on any atom is 0.179 e. The van der Waals surface area contributed by atoms with Gasteiger partial charge in [0.25, 0.3) is 0 Å². The van der Waals surface area contributed by atoms with Crippen molar-refractivity contribution >= 4 is 33.3 Å². The van der Waals surface area contributed by atoms with Gasteiger partial charge in [0, 0.05) is 29.4 Å². The fraction of sp³-hybridized carbons (Fsp3) is 0.316. The van der Waals surface area contributed by atoms with Crippen LogP contribution < -0.4 is 5.32 Å². The van der Waals surface area contributed by atoms with E-state index in [-0.39, 0.29) is 34.5 Å². The second-order valence-electron chi connectivity index (χ2n) is 6.87. The quantitative estimate of drug-likeness (QED) is 0.665. The van der Waals surface area contributed by atoms with Gasteiger partial charge in [-0.1, -0.05) is 0 Å². The van der Waals surface area contributed by atoms with Gasteiger partial charge in [0.1, 0.15) is 17.3 Å². The number of sulfone groups is 1. The molecule has 2 N–H and O–H groups in total. The first-order valence-electron chi connectivity index (χ1n) is 8.80. The largest absolute Gasteiger partial charge is 0.345 e. The molecule has 4 rings (SSSR count). The molecule has 0 radical (unpaired) electrons. The van der Waals surface area contributed by atoms with Gasteiger partial charge < -0.3 is 10.3 Å². The summed E-state index contributed by atoms with van der Waals surface area (Å²) in [6.45, 7) is 1.62. The molecule has 0 aliphatic carbocycles. The predicted molar refractivity (Wildman–Crippen MR) is 106 cm³/mol. The number of aromatic amines is 1. The maximum absolute atomic E-state index is 13.7. The molecule has 0 atom stereocenters. The van der Waals surface area contributed by atoms with E-state index >= 15 is 0 Å². The van der Waals surface area contributed by atoms with Gasteiger partial charge in [-0.25, -0.2) is 22.2 Å². The smallest absolute Gasteiger partial charge is 0.179 e. The third kappa shape index (κ3) is 4.04. The lowest BCUT2D eigenvalue weighted by Gasteiger charge is -2.22. The summed E-state index contributed by atoms with van der Waals surface area (Å²) in [4.78, 5) is 7.23. The number of fused-ring (bicyclic) bond motifs is 1. The summed E-state index contributed by atoms with van der Waals surface area (Å²) in [5, 5.41) is 3.60.